The van der Waals surface area contributed by atoms with Gasteiger partial charge in [-0.05, 0) is 42.2 Å². The lowest BCUT2D eigenvalue weighted by molar-refractivity contribution is -0.138. The summed E-state index contributed by atoms with van der Waals surface area (Å²) in [5.41, 5.74) is 7.72. The van der Waals surface area contributed by atoms with Crippen LogP contribution in [-0.4, -0.2) is 77.9 Å². The van der Waals surface area contributed by atoms with Gasteiger partial charge < -0.3 is 37.4 Å². The van der Waals surface area contributed by atoms with E-state index in [-0.39, 0.29) is 31.1 Å². The molecule has 0 saturated carbocycles. The third-order valence-electron chi connectivity index (χ3n) is 7.09. The summed E-state index contributed by atoms with van der Waals surface area (Å²) in [7, 11) is 0. The van der Waals surface area contributed by atoms with Gasteiger partial charge in [-0.15, -0.1) is 0 Å². The van der Waals surface area contributed by atoms with Crippen LogP contribution in [0.3, 0.4) is 0 Å². The van der Waals surface area contributed by atoms with E-state index in [4.69, 9.17) is 10.8 Å². The number of nitrogens with two attached hydrogens (primary N) is 1. The van der Waals surface area contributed by atoms with Gasteiger partial charge >= 0.3 is 5.97 Å². The number of benzene rings is 2. The second-order valence-electron chi connectivity index (χ2n) is 12.3. The molecule has 0 aliphatic rings. The van der Waals surface area contributed by atoms with Crippen molar-refractivity contribution in [3.8, 4) is 0 Å². The molecule has 0 aromatic heterocycles. The summed E-state index contributed by atoms with van der Waals surface area (Å²) in [5.74, 6) is -4.26. The predicted molar refractivity (Wildman–Crippen MR) is 177 cm³/mol. The van der Waals surface area contributed by atoms with E-state index in [1.807, 2.05) is 58.0 Å². The fourth-order valence-corrected chi connectivity index (χ4v) is 4.80. The van der Waals surface area contributed by atoms with Crippen molar-refractivity contribution in [3.05, 3.63) is 71.8 Å². The normalized spacial score (nSPS) is 13.5. The standard InChI is InChI=1S/C34H48N6O7/c1-21(2)15-26(39-31(44)25(35)17-23-11-7-5-8-12-23)32(45)36-19-29(41)38-28(18-24-13-9-6-10-14-24)34(47)40-27(16-22(3)4)33(46)37-20-30(42)43/h5-14,21-22,25-28H,15-20,35H2,1-4H3,(H,36,45)(H,37,46)(H,38,41)(H,39,44)(H,40,47)(H,42,43)/t25-,26-,27-,28-/m0/s1. The van der Waals surface area contributed by atoms with Gasteiger partial charge in [0.25, 0.3) is 0 Å². The predicted octanol–water partition coefficient (Wildman–Crippen LogP) is 0.663. The zero-order valence-corrected chi connectivity index (χ0v) is 27.5. The molecule has 0 fully saturated rings. The molecular weight excluding hydrogens is 604 g/mol. The molecule has 5 amide bonds. The van der Waals surface area contributed by atoms with E-state index in [9.17, 15) is 28.8 Å². The van der Waals surface area contributed by atoms with E-state index in [0.29, 0.717) is 6.42 Å². The van der Waals surface area contributed by atoms with Gasteiger partial charge in [-0.3, -0.25) is 28.8 Å². The molecule has 0 unspecified atom stereocenters. The number of carbonyl (C=O) groups excluding carboxylic acids is 5. The first-order valence-corrected chi connectivity index (χ1v) is 15.8. The Morgan fingerprint density at radius 1 is 0.596 bits per heavy atom. The second kappa shape index (κ2) is 19.7. The van der Waals surface area contributed by atoms with Crippen LogP contribution >= 0.6 is 0 Å². The Bertz CT molecular complexity index is 1340. The minimum atomic E-state index is -1.23. The van der Waals surface area contributed by atoms with Crippen molar-refractivity contribution < 1.29 is 33.9 Å². The van der Waals surface area contributed by atoms with Gasteiger partial charge in [0.1, 0.15) is 24.7 Å². The average Bonchev–Trinajstić information content (AvgIpc) is 3.01. The molecule has 4 atom stereocenters. The van der Waals surface area contributed by atoms with Crippen molar-refractivity contribution in [2.24, 2.45) is 17.6 Å². The molecule has 0 bridgehead atoms. The SMILES string of the molecule is CC(C)C[C@H](NC(=O)[C@H](Cc1ccccc1)NC(=O)CNC(=O)[C@H](CC(C)C)NC(=O)[C@@H](N)Cc1ccccc1)C(=O)NCC(=O)O. The molecule has 0 radical (unpaired) electrons. The third kappa shape index (κ3) is 14.9. The Labute approximate surface area is 275 Å². The van der Waals surface area contributed by atoms with E-state index in [2.05, 4.69) is 26.6 Å². The summed E-state index contributed by atoms with van der Waals surface area (Å²) < 4.78 is 0. The highest BCUT2D eigenvalue weighted by atomic mass is 16.4. The Balaban J connectivity index is 2.09. The first kappa shape index (κ1) is 38.4. The van der Waals surface area contributed by atoms with Crippen molar-refractivity contribution in [2.75, 3.05) is 13.1 Å². The molecule has 0 aliphatic heterocycles. The van der Waals surface area contributed by atoms with Crippen molar-refractivity contribution in [2.45, 2.75) is 77.5 Å². The largest absolute Gasteiger partial charge is 0.480 e. The number of hydrogen-bond acceptors (Lipinski definition) is 7. The Hall–Kier alpha value is -4.78. The molecule has 0 heterocycles. The lowest BCUT2D eigenvalue weighted by Crippen LogP contribution is -2.57. The third-order valence-corrected chi connectivity index (χ3v) is 7.09. The molecule has 256 valence electrons. The maximum atomic E-state index is 13.4. The molecule has 0 saturated heterocycles. The van der Waals surface area contributed by atoms with E-state index in [0.717, 1.165) is 11.1 Å². The highest BCUT2D eigenvalue weighted by Gasteiger charge is 2.29. The maximum absolute atomic E-state index is 13.4. The van der Waals surface area contributed by atoms with E-state index >= 15 is 0 Å². The van der Waals surface area contributed by atoms with Crippen LogP contribution in [0.2, 0.25) is 0 Å². The van der Waals surface area contributed by atoms with Crippen LogP contribution in [-0.2, 0) is 41.6 Å². The van der Waals surface area contributed by atoms with E-state index in [1.54, 1.807) is 30.3 Å². The smallest absolute Gasteiger partial charge is 0.322 e. The molecule has 0 spiro atoms. The number of carboxylic acids is 1. The summed E-state index contributed by atoms with van der Waals surface area (Å²) in [5, 5.41) is 21.8. The van der Waals surface area contributed by atoms with Crippen LogP contribution < -0.4 is 32.3 Å². The second-order valence-corrected chi connectivity index (χ2v) is 12.3. The number of nitrogens with one attached hydrogen (secondary N) is 5. The van der Waals surface area contributed by atoms with Crippen LogP contribution in [0.4, 0.5) is 0 Å². The lowest BCUT2D eigenvalue weighted by Gasteiger charge is -2.25. The summed E-state index contributed by atoms with van der Waals surface area (Å²) >= 11 is 0. The van der Waals surface area contributed by atoms with Crippen LogP contribution in [0, 0.1) is 11.8 Å². The van der Waals surface area contributed by atoms with Gasteiger partial charge in [0, 0.05) is 6.42 Å². The zero-order valence-electron chi connectivity index (χ0n) is 27.5. The fourth-order valence-electron chi connectivity index (χ4n) is 4.80. The highest BCUT2D eigenvalue weighted by molar-refractivity contribution is 5.95. The number of aliphatic carboxylic acids is 1. The lowest BCUT2D eigenvalue weighted by atomic mass is 10.0. The summed E-state index contributed by atoms with van der Waals surface area (Å²) in [6, 6.07) is 14.2. The van der Waals surface area contributed by atoms with Crippen LogP contribution in [0.15, 0.2) is 60.7 Å². The molecule has 8 N–H and O–H groups in total. The highest BCUT2D eigenvalue weighted by Crippen LogP contribution is 2.09. The topological polar surface area (TPSA) is 209 Å². The minimum absolute atomic E-state index is 0.0135. The van der Waals surface area contributed by atoms with Gasteiger partial charge in [0.05, 0.1) is 12.6 Å². The van der Waals surface area contributed by atoms with E-state index < -0.39 is 72.8 Å². The molecule has 2 aromatic rings. The summed E-state index contributed by atoms with van der Waals surface area (Å²) in [6.45, 7) is 6.40. The molecule has 13 nitrogen and oxygen atoms in total. The molecular formula is C34H48N6O7. The molecule has 0 aliphatic carbocycles. The fraction of sp³-hybridized carbons (Fsp3) is 0.471. The zero-order chi connectivity index (χ0) is 34.9. The van der Waals surface area contributed by atoms with Crippen molar-refractivity contribution in [3.63, 3.8) is 0 Å². The molecule has 2 aromatic carbocycles. The molecule has 2 rings (SSSR count). The molecule has 13 heteroatoms. The Kier molecular flexibility index (Phi) is 16.1. The Morgan fingerprint density at radius 3 is 1.51 bits per heavy atom. The van der Waals surface area contributed by atoms with Gasteiger partial charge in [0.15, 0.2) is 0 Å². The van der Waals surface area contributed by atoms with Crippen LogP contribution in [0.1, 0.15) is 51.7 Å². The maximum Gasteiger partial charge on any atom is 0.322 e. The minimum Gasteiger partial charge on any atom is -0.480 e. The summed E-state index contributed by atoms with van der Waals surface area (Å²) in [4.78, 5) is 76.1. The first-order chi connectivity index (χ1) is 22.2. The van der Waals surface area contributed by atoms with Crippen LogP contribution in [0.25, 0.3) is 0 Å². The number of carboxylic acid groups (broad SMARTS) is 1. The van der Waals surface area contributed by atoms with E-state index in [1.165, 1.54) is 0 Å². The number of amides is 5. The monoisotopic (exact) mass is 652 g/mol. The van der Waals surface area contributed by atoms with Crippen molar-refractivity contribution in [1.82, 2.24) is 26.6 Å². The van der Waals surface area contributed by atoms with Gasteiger partial charge in [0.2, 0.25) is 29.5 Å². The van der Waals surface area contributed by atoms with Gasteiger partial charge in [-0.2, -0.15) is 0 Å². The van der Waals surface area contributed by atoms with Crippen molar-refractivity contribution >= 4 is 35.5 Å². The van der Waals surface area contributed by atoms with Gasteiger partial charge in [-0.25, -0.2) is 0 Å². The number of rotatable bonds is 19. The number of hydrogen-bond donors (Lipinski definition) is 7. The quantitative estimate of drug-likeness (QED) is 0.114. The molecule has 47 heavy (non-hydrogen) atoms. The average molecular weight is 653 g/mol. The summed E-state index contributed by atoms with van der Waals surface area (Å²) in [6.07, 6.45) is 0.909. The number of carbonyl (C=O) groups is 6. The Morgan fingerprint density at radius 2 is 1.04 bits per heavy atom. The van der Waals surface area contributed by atoms with Crippen molar-refractivity contribution in [1.29, 1.82) is 0 Å². The van der Waals surface area contributed by atoms with Crippen LogP contribution in [0.5, 0.6) is 0 Å². The van der Waals surface area contributed by atoms with Gasteiger partial charge in [-0.1, -0.05) is 88.4 Å². The first-order valence-electron chi connectivity index (χ1n) is 15.8.